The Hall–Kier alpha value is -0.580. The molecule has 18 heavy (non-hydrogen) atoms. The number of rotatable bonds is 2. The Morgan fingerprint density at radius 2 is 2.00 bits per heavy atom. The van der Waals surface area contributed by atoms with Crippen molar-refractivity contribution in [1.82, 2.24) is 15.3 Å². The number of halogens is 2. The van der Waals surface area contributed by atoms with Gasteiger partial charge in [0.15, 0.2) is 0 Å². The Morgan fingerprint density at radius 3 is 2.56 bits per heavy atom. The number of piperidine rings is 1. The number of anilines is 1. The van der Waals surface area contributed by atoms with E-state index in [1.165, 1.54) is 12.8 Å². The van der Waals surface area contributed by atoms with Gasteiger partial charge in [-0.3, -0.25) is 0 Å². The quantitative estimate of drug-likeness (QED) is 0.907. The highest BCUT2D eigenvalue weighted by Crippen LogP contribution is 2.22. The lowest BCUT2D eigenvalue weighted by atomic mass is 9.99. The second-order valence-corrected chi connectivity index (χ2v) is 4.66. The molecular formula is C12H22Cl2N4. The SMILES string of the molecule is Cc1cc(N(C)C)nc(C2CCCNC2)n1.Cl.Cl. The number of nitrogens with one attached hydrogen (secondary N) is 1. The summed E-state index contributed by atoms with van der Waals surface area (Å²) in [5.74, 6) is 2.48. The summed E-state index contributed by atoms with van der Waals surface area (Å²) in [6.07, 6.45) is 2.42. The van der Waals surface area contributed by atoms with E-state index in [9.17, 15) is 0 Å². The Bertz CT molecular complexity index is 365. The summed E-state index contributed by atoms with van der Waals surface area (Å²) >= 11 is 0. The van der Waals surface area contributed by atoms with Crippen molar-refractivity contribution in [2.45, 2.75) is 25.7 Å². The van der Waals surface area contributed by atoms with Gasteiger partial charge in [0.2, 0.25) is 0 Å². The molecule has 104 valence electrons. The second kappa shape index (κ2) is 7.77. The third kappa shape index (κ3) is 4.26. The van der Waals surface area contributed by atoms with Gasteiger partial charge in [0.1, 0.15) is 11.6 Å². The van der Waals surface area contributed by atoms with Crippen molar-refractivity contribution < 1.29 is 0 Å². The molecule has 0 saturated carbocycles. The van der Waals surface area contributed by atoms with Gasteiger partial charge in [-0.2, -0.15) is 0 Å². The van der Waals surface area contributed by atoms with E-state index >= 15 is 0 Å². The fourth-order valence-electron chi connectivity index (χ4n) is 2.06. The molecule has 1 atom stereocenters. The van der Waals surface area contributed by atoms with Gasteiger partial charge in [-0.25, -0.2) is 9.97 Å². The lowest BCUT2D eigenvalue weighted by Crippen LogP contribution is -2.29. The molecule has 0 aromatic carbocycles. The molecule has 1 aliphatic heterocycles. The number of aromatic nitrogens is 2. The number of hydrogen-bond acceptors (Lipinski definition) is 4. The van der Waals surface area contributed by atoms with Crippen molar-refractivity contribution in [3.63, 3.8) is 0 Å². The van der Waals surface area contributed by atoms with Crippen molar-refractivity contribution in [1.29, 1.82) is 0 Å². The van der Waals surface area contributed by atoms with Crippen molar-refractivity contribution in [2.24, 2.45) is 0 Å². The minimum atomic E-state index is 0. The van der Waals surface area contributed by atoms with E-state index in [0.717, 1.165) is 30.4 Å². The van der Waals surface area contributed by atoms with E-state index in [4.69, 9.17) is 0 Å². The summed E-state index contributed by atoms with van der Waals surface area (Å²) in [4.78, 5) is 11.2. The molecule has 1 aliphatic rings. The van der Waals surface area contributed by atoms with Crippen LogP contribution in [0.15, 0.2) is 6.07 Å². The molecule has 1 N–H and O–H groups in total. The van der Waals surface area contributed by atoms with E-state index in [0.29, 0.717) is 5.92 Å². The molecule has 1 aromatic rings. The van der Waals surface area contributed by atoms with Crippen LogP contribution in [0, 0.1) is 6.92 Å². The Labute approximate surface area is 121 Å². The van der Waals surface area contributed by atoms with Crippen LogP contribution in [0.1, 0.15) is 30.3 Å². The van der Waals surface area contributed by atoms with Crippen LogP contribution >= 0.6 is 24.8 Å². The third-order valence-electron chi connectivity index (χ3n) is 2.98. The highest BCUT2D eigenvalue weighted by atomic mass is 35.5. The van der Waals surface area contributed by atoms with Gasteiger partial charge in [0.25, 0.3) is 0 Å². The minimum Gasteiger partial charge on any atom is -0.363 e. The Kier molecular flexibility index (Phi) is 7.52. The van der Waals surface area contributed by atoms with Crippen molar-refractivity contribution >= 4 is 30.6 Å². The summed E-state index contributed by atoms with van der Waals surface area (Å²) in [6, 6.07) is 2.03. The molecule has 1 aromatic heterocycles. The van der Waals surface area contributed by atoms with E-state index < -0.39 is 0 Å². The normalized spacial score (nSPS) is 18.5. The van der Waals surface area contributed by atoms with Gasteiger partial charge >= 0.3 is 0 Å². The predicted octanol–water partition coefficient (Wildman–Crippen LogP) is 2.16. The Balaban J connectivity index is 0.00000144. The average molecular weight is 293 g/mol. The molecule has 0 radical (unpaired) electrons. The maximum atomic E-state index is 4.63. The monoisotopic (exact) mass is 292 g/mol. The van der Waals surface area contributed by atoms with E-state index in [1.54, 1.807) is 0 Å². The van der Waals surface area contributed by atoms with Crippen LogP contribution in [-0.4, -0.2) is 37.2 Å². The van der Waals surface area contributed by atoms with E-state index in [-0.39, 0.29) is 24.8 Å². The molecule has 4 nitrogen and oxygen atoms in total. The number of hydrogen-bond donors (Lipinski definition) is 1. The first-order valence-corrected chi connectivity index (χ1v) is 5.90. The molecule has 0 bridgehead atoms. The third-order valence-corrected chi connectivity index (χ3v) is 2.98. The van der Waals surface area contributed by atoms with Crippen LogP contribution in [0.2, 0.25) is 0 Å². The zero-order valence-corrected chi connectivity index (χ0v) is 12.8. The summed E-state index contributed by atoms with van der Waals surface area (Å²) in [6.45, 7) is 4.17. The molecular weight excluding hydrogens is 271 g/mol. The summed E-state index contributed by atoms with van der Waals surface area (Å²) in [7, 11) is 4.04. The van der Waals surface area contributed by atoms with Crippen molar-refractivity contribution in [2.75, 3.05) is 32.1 Å². The predicted molar refractivity (Wildman–Crippen MR) is 80.4 cm³/mol. The fraction of sp³-hybridized carbons (Fsp3) is 0.667. The van der Waals surface area contributed by atoms with Gasteiger partial charge in [-0.1, -0.05) is 0 Å². The zero-order chi connectivity index (χ0) is 11.5. The minimum absolute atomic E-state index is 0. The van der Waals surface area contributed by atoms with Gasteiger partial charge in [0, 0.05) is 38.3 Å². The highest BCUT2D eigenvalue weighted by molar-refractivity contribution is 5.85. The number of nitrogens with zero attached hydrogens (tertiary/aromatic N) is 3. The summed E-state index contributed by atoms with van der Waals surface area (Å²) < 4.78 is 0. The average Bonchev–Trinajstić information content (AvgIpc) is 2.29. The van der Waals surface area contributed by atoms with Crippen LogP contribution in [-0.2, 0) is 0 Å². The van der Waals surface area contributed by atoms with Gasteiger partial charge < -0.3 is 10.2 Å². The number of aryl methyl sites for hydroxylation is 1. The van der Waals surface area contributed by atoms with Crippen LogP contribution in [0.5, 0.6) is 0 Å². The summed E-state index contributed by atoms with van der Waals surface area (Å²) in [5.41, 5.74) is 1.05. The smallest absolute Gasteiger partial charge is 0.135 e. The molecule has 1 unspecified atom stereocenters. The molecule has 0 aliphatic carbocycles. The van der Waals surface area contributed by atoms with Gasteiger partial charge in [-0.15, -0.1) is 24.8 Å². The van der Waals surface area contributed by atoms with Crippen LogP contribution in [0.3, 0.4) is 0 Å². The topological polar surface area (TPSA) is 41.1 Å². The molecule has 1 fully saturated rings. The maximum absolute atomic E-state index is 4.63. The van der Waals surface area contributed by atoms with Crippen molar-refractivity contribution in [3.8, 4) is 0 Å². The van der Waals surface area contributed by atoms with E-state index in [2.05, 4.69) is 15.3 Å². The Morgan fingerprint density at radius 1 is 1.28 bits per heavy atom. The molecule has 1 saturated heterocycles. The highest BCUT2D eigenvalue weighted by Gasteiger charge is 2.18. The molecule has 6 heteroatoms. The van der Waals surface area contributed by atoms with Crippen LogP contribution in [0.4, 0.5) is 5.82 Å². The van der Waals surface area contributed by atoms with E-state index in [1.807, 2.05) is 32.0 Å². The molecule has 2 rings (SSSR count). The standard InChI is InChI=1S/C12H20N4.2ClH/c1-9-7-11(16(2)3)15-12(14-9)10-5-4-6-13-8-10;;/h7,10,13H,4-6,8H2,1-3H3;2*1H. The first-order valence-electron chi connectivity index (χ1n) is 5.90. The zero-order valence-electron chi connectivity index (χ0n) is 11.1. The lowest BCUT2D eigenvalue weighted by Gasteiger charge is -2.23. The van der Waals surface area contributed by atoms with Gasteiger partial charge in [-0.05, 0) is 26.3 Å². The molecule has 2 heterocycles. The van der Waals surface area contributed by atoms with Crippen LogP contribution < -0.4 is 10.2 Å². The molecule has 0 amide bonds. The summed E-state index contributed by atoms with van der Waals surface area (Å²) in [5, 5.41) is 3.41. The first-order chi connectivity index (χ1) is 7.66. The lowest BCUT2D eigenvalue weighted by molar-refractivity contribution is 0.446. The van der Waals surface area contributed by atoms with Crippen LogP contribution in [0.25, 0.3) is 0 Å². The largest absolute Gasteiger partial charge is 0.363 e. The molecule has 0 spiro atoms. The maximum Gasteiger partial charge on any atom is 0.135 e. The van der Waals surface area contributed by atoms with Crippen molar-refractivity contribution in [3.05, 3.63) is 17.6 Å². The fourth-order valence-corrected chi connectivity index (χ4v) is 2.06. The van der Waals surface area contributed by atoms with Gasteiger partial charge in [0.05, 0.1) is 0 Å². The first kappa shape index (κ1) is 17.4. The second-order valence-electron chi connectivity index (χ2n) is 4.66.